The molecule has 0 aromatic heterocycles. The van der Waals surface area contributed by atoms with Crippen LogP contribution in [0, 0.1) is 5.92 Å². The topological polar surface area (TPSA) is 43.1 Å². The average Bonchev–Trinajstić information content (AvgIpc) is 2.17. The Morgan fingerprint density at radius 1 is 1.21 bits per heavy atom. The summed E-state index contributed by atoms with van der Waals surface area (Å²) in [4.78, 5) is 10.9. The first-order valence-corrected chi connectivity index (χ1v) is 6.48. The van der Waals surface area contributed by atoms with Gasteiger partial charge in [-0.3, -0.25) is 4.79 Å². The number of hydrogen-bond donors (Lipinski definition) is 1. The highest BCUT2D eigenvalue weighted by molar-refractivity contribution is 9.10. The third kappa shape index (κ3) is 5.63. The summed E-state index contributed by atoms with van der Waals surface area (Å²) in [5.74, 6) is 0.203. The monoisotopic (exact) mass is 263 g/mol. The Kier molecular flexibility index (Phi) is 8.24. The zero-order chi connectivity index (χ0) is 11.0. The second-order valence-electron chi connectivity index (χ2n) is 3.85. The predicted molar refractivity (Wildman–Crippen MR) is 64.4 cm³/mol. The van der Waals surface area contributed by atoms with Gasteiger partial charge in [0, 0.05) is 0 Å². The molecule has 0 aliphatic carbocycles. The second kappa shape index (κ2) is 8.27. The largest absolute Gasteiger partial charge is 0.369 e. The van der Waals surface area contributed by atoms with Crippen molar-refractivity contribution in [2.75, 3.05) is 0 Å². The molecule has 14 heavy (non-hydrogen) atoms. The SMILES string of the molecule is CCCCC(CCCC)C(Br)C(N)=O. The van der Waals surface area contributed by atoms with Crippen molar-refractivity contribution >= 4 is 21.8 Å². The van der Waals surface area contributed by atoms with E-state index in [4.69, 9.17) is 5.73 Å². The third-order valence-electron chi connectivity index (χ3n) is 2.54. The zero-order valence-electron chi connectivity index (χ0n) is 9.26. The molecule has 0 spiro atoms. The molecule has 1 unspecified atom stereocenters. The van der Waals surface area contributed by atoms with Crippen LogP contribution in [0.4, 0.5) is 0 Å². The Hall–Kier alpha value is -0.0500. The summed E-state index contributed by atoms with van der Waals surface area (Å²) in [6.45, 7) is 4.34. The lowest BCUT2D eigenvalue weighted by Gasteiger charge is -2.19. The molecule has 0 saturated carbocycles. The van der Waals surface area contributed by atoms with Crippen LogP contribution in [-0.2, 0) is 4.79 Å². The molecule has 2 N–H and O–H groups in total. The minimum absolute atomic E-state index is 0.138. The van der Waals surface area contributed by atoms with E-state index in [1.807, 2.05) is 0 Å². The van der Waals surface area contributed by atoms with Gasteiger partial charge in [0.2, 0.25) is 5.91 Å². The fourth-order valence-electron chi connectivity index (χ4n) is 1.60. The molecule has 0 fully saturated rings. The number of halogens is 1. The molecule has 0 radical (unpaired) electrons. The summed E-state index contributed by atoms with van der Waals surface area (Å²) in [5.41, 5.74) is 5.29. The molecule has 0 saturated heterocycles. The van der Waals surface area contributed by atoms with Crippen LogP contribution in [0.5, 0.6) is 0 Å². The maximum Gasteiger partial charge on any atom is 0.231 e. The van der Waals surface area contributed by atoms with Crippen molar-refractivity contribution < 1.29 is 4.79 Å². The van der Waals surface area contributed by atoms with Crippen molar-refractivity contribution in [3.8, 4) is 0 Å². The lowest BCUT2D eigenvalue weighted by atomic mass is 9.92. The van der Waals surface area contributed by atoms with Gasteiger partial charge in [-0.05, 0) is 18.8 Å². The van der Waals surface area contributed by atoms with Crippen molar-refractivity contribution in [1.82, 2.24) is 0 Å². The molecule has 0 heterocycles. The van der Waals surface area contributed by atoms with Gasteiger partial charge in [-0.2, -0.15) is 0 Å². The number of carbonyl (C=O) groups excluding carboxylic acids is 1. The molecular formula is C11H22BrNO. The summed E-state index contributed by atoms with van der Waals surface area (Å²) in [5, 5.41) is 0. The van der Waals surface area contributed by atoms with Gasteiger partial charge in [-0.1, -0.05) is 55.5 Å². The van der Waals surface area contributed by atoms with E-state index in [1.165, 1.54) is 25.7 Å². The Labute approximate surface area is 95.8 Å². The summed E-state index contributed by atoms with van der Waals surface area (Å²) in [6, 6.07) is 0. The van der Waals surface area contributed by atoms with Crippen molar-refractivity contribution in [2.24, 2.45) is 11.7 Å². The summed E-state index contributed by atoms with van der Waals surface area (Å²) >= 11 is 3.39. The first-order valence-electron chi connectivity index (χ1n) is 5.56. The van der Waals surface area contributed by atoms with Crippen molar-refractivity contribution in [3.63, 3.8) is 0 Å². The molecule has 0 aliphatic rings. The molecule has 0 rings (SSSR count). The van der Waals surface area contributed by atoms with Gasteiger partial charge >= 0.3 is 0 Å². The van der Waals surface area contributed by atoms with E-state index in [9.17, 15) is 4.79 Å². The van der Waals surface area contributed by atoms with Crippen molar-refractivity contribution in [2.45, 2.75) is 57.2 Å². The van der Waals surface area contributed by atoms with E-state index in [2.05, 4.69) is 29.8 Å². The van der Waals surface area contributed by atoms with E-state index >= 15 is 0 Å². The zero-order valence-corrected chi connectivity index (χ0v) is 10.8. The number of amides is 1. The number of hydrogen-bond acceptors (Lipinski definition) is 1. The molecule has 0 aromatic carbocycles. The molecule has 2 nitrogen and oxygen atoms in total. The van der Waals surface area contributed by atoms with Gasteiger partial charge < -0.3 is 5.73 Å². The van der Waals surface area contributed by atoms with Crippen molar-refractivity contribution in [1.29, 1.82) is 0 Å². The van der Waals surface area contributed by atoms with E-state index in [1.54, 1.807) is 0 Å². The lowest BCUT2D eigenvalue weighted by Crippen LogP contribution is -2.30. The van der Waals surface area contributed by atoms with Crippen LogP contribution >= 0.6 is 15.9 Å². The van der Waals surface area contributed by atoms with Crippen LogP contribution in [0.25, 0.3) is 0 Å². The van der Waals surface area contributed by atoms with E-state index < -0.39 is 0 Å². The quantitative estimate of drug-likeness (QED) is 0.672. The van der Waals surface area contributed by atoms with Gasteiger partial charge in [0.25, 0.3) is 0 Å². The minimum atomic E-state index is -0.220. The van der Waals surface area contributed by atoms with Gasteiger partial charge in [-0.25, -0.2) is 0 Å². The van der Waals surface area contributed by atoms with Gasteiger partial charge in [-0.15, -0.1) is 0 Å². The molecule has 3 heteroatoms. The highest BCUT2D eigenvalue weighted by Crippen LogP contribution is 2.24. The molecule has 1 amide bonds. The van der Waals surface area contributed by atoms with Gasteiger partial charge in [0.1, 0.15) is 0 Å². The number of primary amides is 1. The Bertz CT molecular complexity index is 153. The molecule has 0 aromatic rings. The van der Waals surface area contributed by atoms with E-state index in [-0.39, 0.29) is 10.7 Å². The number of unbranched alkanes of at least 4 members (excludes halogenated alkanes) is 2. The van der Waals surface area contributed by atoms with Crippen LogP contribution < -0.4 is 5.73 Å². The summed E-state index contributed by atoms with van der Waals surface area (Å²) in [6.07, 6.45) is 6.94. The van der Waals surface area contributed by atoms with Gasteiger partial charge in [0.15, 0.2) is 0 Å². The lowest BCUT2D eigenvalue weighted by molar-refractivity contribution is -0.118. The number of alkyl halides is 1. The first-order chi connectivity index (χ1) is 6.63. The maximum atomic E-state index is 11.0. The van der Waals surface area contributed by atoms with Gasteiger partial charge in [0.05, 0.1) is 4.83 Å². The molecular weight excluding hydrogens is 242 g/mol. The Morgan fingerprint density at radius 3 is 1.93 bits per heavy atom. The fourth-order valence-corrected chi connectivity index (χ4v) is 2.13. The van der Waals surface area contributed by atoms with Crippen LogP contribution in [-0.4, -0.2) is 10.7 Å². The summed E-state index contributed by atoms with van der Waals surface area (Å²) < 4.78 is 0. The van der Waals surface area contributed by atoms with Crippen molar-refractivity contribution in [3.05, 3.63) is 0 Å². The molecule has 1 atom stereocenters. The predicted octanol–water partition coefficient (Wildman–Crippen LogP) is 3.23. The highest BCUT2D eigenvalue weighted by atomic mass is 79.9. The standard InChI is InChI=1S/C11H22BrNO/c1-3-5-7-9(8-6-4-2)10(12)11(13)14/h9-10H,3-8H2,1-2H3,(H2,13,14). The molecule has 84 valence electrons. The number of rotatable bonds is 8. The second-order valence-corrected chi connectivity index (χ2v) is 4.84. The molecule has 0 bridgehead atoms. The van der Waals surface area contributed by atoms with Crippen LogP contribution in [0.2, 0.25) is 0 Å². The number of carbonyl (C=O) groups is 1. The normalized spacial score (nSPS) is 13.1. The minimum Gasteiger partial charge on any atom is -0.369 e. The van der Waals surface area contributed by atoms with Crippen LogP contribution in [0.1, 0.15) is 52.4 Å². The first kappa shape index (κ1) is 13.9. The molecule has 0 aliphatic heterocycles. The van der Waals surface area contributed by atoms with E-state index in [0.717, 1.165) is 12.8 Å². The maximum absolute atomic E-state index is 11.0. The van der Waals surface area contributed by atoms with E-state index in [0.29, 0.717) is 5.92 Å². The average molecular weight is 264 g/mol. The fraction of sp³-hybridized carbons (Fsp3) is 0.909. The third-order valence-corrected chi connectivity index (χ3v) is 3.74. The Balaban J connectivity index is 4.01. The summed E-state index contributed by atoms with van der Waals surface area (Å²) in [7, 11) is 0. The Morgan fingerprint density at radius 2 is 1.64 bits per heavy atom. The smallest absolute Gasteiger partial charge is 0.231 e. The highest BCUT2D eigenvalue weighted by Gasteiger charge is 2.22. The number of nitrogens with two attached hydrogens (primary N) is 1. The van der Waals surface area contributed by atoms with Crippen LogP contribution in [0.15, 0.2) is 0 Å². The van der Waals surface area contributed by atoms with Crippen LogP contribution in [0.3, 0.4) is 0 Å².